The quantitative estimate of drug-likeness (QED) is 0.519. The van der Waals surface area contributed by atoms with Gasteiger partial charge in [0.2, 0.25) is 0 Å². The molecule has 0 unspecified atom stereocenters. The van der Waals surface area contributed by atoms with Crippen molar-refractivity contribution in [1.82, 2.24) is 15.6 Å². The lowest BCUT2D eigenvalue weighted by atomic mass is 10.2. The highest BCUT2D eigenvalue weighted by molar-refractivity contribution is 7.99. The van der Waals surface area contributed by atoms with Crippen molar-refractivity contribution in [2.75, 3.05) is 18.8 Å². The maximum atomic E-state index is 11.7. The minimum Gasteiger partial charge on any atom is -0.338 e. The predicted molar refractivity (Wildman–Crippen MR) is 103 cm³/mol. The minimum absolute atomic E-state index is 0.133. The van der Waals surface area contributed by atoms with E-state index in [1.54, 1.807) is 23.1 Å². The molecular weight excluding hydrogens is 362 g/mol. The molecule has 4 nitrogen and oxygen atoms in total. The van der Waals surface area contributed by atoms with Crippen LogP contribution in [0.15, 0.2) is 34.5 Å². The van der Waals surface area contributed by atoms with Gasteiger partial charge in [-0.05, 0) is 24.3 Å². The van der Waals surface area contributed by atoms with Gasteiger partial charge in [0.1, 0.15) is 0 Å². The highest BCUT2D eigenvalue weighted by Gasteiger charge is 2.06. The molecule has 1 heterocycles. The number of nitrogens with one attached hydrogen (secondary N) is 2. The number of carbonyl (C=O) groups excluding carboxylic acids is 1. The van der Waals surface area contributed by atoms with E-state index in [1.165, 1.54) is 0 Å². The highest BCUT2D eigenvalue weighted by Crippen LogP contribution is 2.20. The molecule has 2 amide bonds. The van der Waals surface area contributed by atoms with E-state index >= 15 is 0 Å². The van der Waals surface area contributed by atoms with Crippen molar-refractivity contribution in [3.05, 3.63) is 45.4 Å². The minimum atomic E-state index is -0.133. The number of hydrogen-bond acceptors (Lipinski definition) is 4. The summed E-state index contributed by atoms with van der Waals surface area (Å²) in [6.07, 6.45) is 0.760. The molecule has 1 aromatic carbocycles. The third-order valence-electron chi connectivity index (χ3n) is 3.20. The first kappa shape index (κ1) is 19.1. The van der Waals surface area contributed by atoms with E-state index in [9.17, 15) is 4.79 Å². The Balaban J connectivity index is 1.57. The SMILES string of the molecule is CC(C)c1nc(CCNC(=O)NCCSc2ccc(Cl)cc2)cs1. The molecule has 0 aliphatic carbocycles. The molecule has 2 aromatic rings. The lowest BCUT2D eigenvalue weighted by Gasteiger charge is -2.07. The molecule has 0 aliphatic rings. The smallest absolute Gasteiger partial charge is 0.314 e. The van der Waals surface area contributed by atoms with Crippen LogP contribution in [-0.4, -0.2) is 29.9 Å². The summed E-state index contributed by atoms with van der Waals surface area (Å²) in [6.45, 7) is 5.48. The molecule has 24 heavy (non-hydrogen) atoms. The predicted octanol–water partition coefficient (Wildman–Crippen LogP) is 4.55. The Kier molecular flexibility index (Phi) is 7.88. The van der Waals surface area contributed by atoms with E-state index in [1.807, 2.05) is 24.3 Å². The fraction of sp³-hybridized carbons (Fsp3) is 0.412. The number of benzene rings is 1. The number of rotatable bonds is 8. The van der Waals surface area contributed by atoms with E-state index in [4.69, 9.17) is 11.6 Å². The molecule has 7 heteroatoms. The number of amides is 2. The Morgan fingerprint density at radius 1 is 1.25 bits per heavy atom. The van der Waals surface area contributed by atoms with Crippen LogP contribution in [0.25, 0.3) is 0 Å². The van der Waals surface area contributed by atoms with Crippen LogP contribution in [0.3, 0.4) is 0 Å². The lowest BCUT2D eigenvalue weighted by Crippen LogP contribution is -2.37. The Bertz CT molecular complexity index is 644. The summed E-state index contributed by atoms with van der Waals surface area (Å²) < 4.78 is 0. The third kappa shape index (κ3) is 6.71. The summed E-state index contributed by atoms with van der Waals surface area (Å²) in [6, 6.07) is 7.56. The number of halogens is 1. The molecule has 0 atom stereocenters. The number of urea groups is 1. The maximum Gasteiger partial charge on any atom is 0.314 e. The van der Waals surface area contributed by atoms with Crippen LogP contribution in [-0.2, 0) is 6.42 Å². The highest BCUT2D eigenvalue weighted by atomic mass is 35.5. The van der Waals surface area contributed by atoms with Gasteiger partial charge in [0.25, 0.3) is 0 Å². The number of hydrogen-bond donors (Lipinski definition) is 2. The summed E-state index contributed by atoms with van der Waals surface area (Å²) in [5.74, 6) is 1.27. The van der Waals surface area contributed by atoms with Gasteiger partial charge in [-0.2, -0.15) is 0 Å². The first-order valence-electron chi connectivity index (χ1n) is 7.89. The molecule has 0 spiro atoms. The zero-order chi connectivity index (χ0) is 17.4. The van der Waals surface area contributed by atoms with Crippen molar-refractivity contribution in [3.63, 3.8) is 0 Å². The van der Waals surface area contributed by atoms with Crippen LogP contribution in [0.2, 0.25) is 5.02 Å². The largest absolute Gasteiger partial charge is 0.338 e. The molecule has 0 saturated heterocycles. The molecule has 0 aliphatic heterocycles. The second-order valence-corrected chi connectivity index (χ2v) is 8.06. The zero-order valence-electron chi connectivity index (χ0n) is 13.8. The van der Waals surface area contributed by atoms with Gasteiger partial charge in [-0.25, -0.2) is 9.78 Å². The van der Waals surface area contributed by atoms with Gasteiger partial charge in [-0.15, -0.1) is 23.1 Å². The van der Waals surface area contributed by atoms with Crippen molar-refractivity contribution in [2.45, 2.75) is 31.1 Å². The fourth-order valence-corrected chi connectivity index (χ4v) is 3.70. The van der Waals surface area contributed by atoms with Crippen molar-refractivity contribution in [3.8, 4) is 0 Å². The summed E-state index contributed by atoms with van der Waals surface area (Å²) in [4.78, 5) is 17.4. The van der Waals surface area contributed by atoms with Crippen LogP contribution in [0.4, 0.5) is 4.79 Å². The first-order valence-corrected chi connectivity index (χ1v) is 10.1. The number of nitrogens with zero attached hydrogens (tertiary/aromatic N) is 1. The molecule has 2 N–H and O–H groups in total. The van der Waals surface area contributed by atoms with Gasteiger partial charge in [0, 0.05) is 46.5 Å². The Morgan fingerprint density at radius 3 is 2.62 bits per heavy atom. The van der Waals surface area contributed by atoms with Crippen LogP contribution in [0.1, 0.15) is 30.5 Å². The number of aromatic nitrogens is 1. The van der Waals surface area contributed by atoms with E-state index in [2.05, 4.69) is 34.8 Å². The van der Waals surface area contributed by atoms with Crippen LogP contribution in [0, 0.1) is 0 Å². The lowest BCUT2D eigenvalue weighted by molar-refractivity contribution is 0.241. The van der Waals surface area contributed by atoms with Gasteiger partial charge in [-0.1, -0.05) is 25.4 Å². The molecule has 0 radical (unpaired) electrons. The molecule has 130 valence electrons. The standard InChI is InChI=1S/C17H22ClN3OS2/c1-12(2)16-21-14(11-24-16)7-8-19-17(22)20-9-10-23-15-5-3-13(18)4-6-15/h3-6,11-12H,7-10H2,1-2H3,(H2,19,20,22). The van der Waals surface area contributed by atoms with Gasteiger partial charge in [0.15, 0.2) is 0 Å². The number of thiazole rings is 1. The molecular formula is C17H22ClN3OS2. The van der Waals surface area contributed by atoms with Gasteiger partial charge < -0.3 is 10.6 Å². The van der Waals surface area contributed by atoms with Gasteiger partial charge in [0.05, 0.1) is 10.7 Å². The summed E-state index contributed by atoms with van der Waals surface area (Å²) in [7, 11) is 0. The van der Waals surface area contributed by atoms with Crippen molar-refractivity contribution in [1.29, 1.82) is 0 Å². The van der Waals surface area contributed by atoms with Gasteiger partial charge >= 0.3 is 6.03 Å². The molecule has 0 fully saturated rings. The van der Waals surface area contributed by atoms with Crippen molar-refractivity contribution < 1.29 is 4.79 Å². The van der Waals surface area contributed by atoms with E-state index < -0.39 is 0 Å². The topological polar surface area (TPSA) is 54.0 Å². The Morgan fingerprint density at radius 2 is 1.96 bits per heavy atom. The summed E-state index contributed by atoms with van der Waals surface area (Å²) in [5, 5.41) is 9.67. The molecule has 0 saturated carbocycles. The normalized spacial score (nSPS) is 10.8. The summed E-state index contributed by atoms with van der Waals surface area (Å²) >= 11 is 9.21. The number of thioether (sulfide) groups is 1. The molecule has 2 rings (SSSR count). The zero-order valence-corrected chi connectivity index (χ0v) is 16.2. The third-order valence-corrected chi connectivity index (χ3v) is 5.66. The monoisotopic (exact) mass is 383 g/mol. The van der Waals surface area contributed by atoms with E-state index in [0.29, 0.717) is 19.0 Å². The Hall–Kier alpha value is -1.24. The van der Waals surface area contributed by atoms with E-state index in [0.717, 1.165) is 32.8 Å². The second-order valence-electron chi connectivity index (χ2n) is 5.57. The molecule has 1 aromatic heterocycles. The molecule has 0 bridgehead atoms. The van der Waals surface area contributed by atoms with Crippen molar-refractivity contribution >= 4 is 40.7 Å². The second kappa shape index (κ2) is 9.91. The fourth-order valence-electron chi connectivity index (χ4n) is 1.93. The average Bonchev–Trinajstić information content (AvgIpc) is 3.02. The Labute approximate surface area is 156 Å². The maximum absolute atomic E-state index is 11.7. The van der Waals surface area contributed by atoms with Crippen LogP contribution < -0.4 is 10.6 Å². The van der Waals surface area contributed by atoms with Crippen LogP contribution >= 0.6 is 34.7 Å². The number of carbonyl (C=O) groups is 1. The average molecular weight is 384 g/mol. The van der Waals surface area contributed by atoms with E-state index in [-0.39, 0.29) is 6.03 Å². The van der Waals surface area contributed by atoms with Crippen molar-refractivity contribution in [2.24, 2.45) is 0 Å². The van der Waals surface area contributed by atoms with Crippen LogP contribution in [0.5, 0.6) is 0 Å². The van der Waals surface area contributed by atoms with Gasteiger partial charge in [-0.3, -0.25) is 0 Å². The summed E-state index contributed by atoms with van der Waals surface area (Å²) in [5.41, 5.74) is 1.04. The first-order chi connectivity index (χ1) is 11.5.